The Labute approximate surface area is 121 Å². The van der Waals surface area contributed by atoms with Crippen molar-refractivity contribution in [3.05, 3.63) is 31.1 Å². The van der Waals surface area contributed by atoms with Gasteiger partial charge in [-0.1, -0.05) is 6.58 Å². The van der Waals surface area contributed by atoms with Crippen molar-refractivity contribution in [1.29, 1.82) is 0 Å². The summed E-state index contributed by atoms with van der Waals surface area (Å²) >= 11 is 0. The largest absolute Gasteiger partial charge is 0.386 e. The first-order valence-electron chi connectivity index (χ1n) is 5.32. The molecule has 0 aliphatic heterocycles. The second-order valence-electron chi connectivity index (χ2n) is 4.09. The molecule has 0 amide bonds. The standard InChI is InChI=1S/C10H5F10N3/c1-2-6(11,12)8(15,16)10(19,20)9(17,18)7(13,14)5-22-3-21-4-23-5/h2-4H,1H2. The Bertz CT molecular complexity index is 572. The highest BCUT2D eigenvalue weighted by Crippen LogP contribution is 2.59. The summed E-state index contributed by atoms with van der Waals surface area (Å²) in [5.41, 5.74) is 0. The van der Waals surface area contributed by atoms with E-state index in [1.807, 2.05) is 0 Å². The zero-order valence-electron chi connectivity index (χ0n) is 10.6. The maximum absolute atomic E-state index is 13.5. The van der Waals surface area contributed by atoms with Gasteiger partial charge in [-0.25, -0.2) is 15.0 Å². The number of hydrogen-bond donors (Lipinski definition) is 0. The van der Waals surface area contributed by atoms with E-state index in [2.05, 4.69) is 21.5 Å². The van der Waals surface area contributed by atoms with Crippen LogP contribution in [0.25, 0.3) is 0 Å². The van der Waals surface area contributed by atoms with Crippen LogP contribution in [0.5, 0.6) is 0 Å². The van der Waals surface area contributed by atoms with Crippen molar-refractivity contribution in [2.24, 2.45) is 0 Å². The van der Waals surface area contributed by atoms with Crippen LogP contribution < -0.4 is 0 Å². The fraction of sp³-hybridized carbons (Fsp3) is 0.500. The van der Waals surface area contributed by atoms with Gasteiger partial charge >= 0.3 is 29.6 Å². The van der Waals surface area contributed by atoms with Crippen molar-refractivity contribution >= 4 is 0 Å². The van der Waals surface area contributed by atoms with Crippen molar-refractivity contribution < 1.29 is 43.9 Å². The van der Waals surface area contributed by atoms with E-state index in [0.717, 1.165) is 0 Å². The average molecular weight is 357 g/mol. The minimum Gasteiger partial charge on any atom is -0.225 e. The molecular formula is C10H5F10N3. The fourth-order valence-electron chi connectivity index (χ4n) is 1.27. The zero-order valence-corrected chi connectivity index (χ0v) is 10.6. The quantitative estimate of drug-likeness (QED) is 0.576. The molecule has 1 aromatic rings. The molecule has 0 N–H and O–H groups in total. The molecule has 0 radical (unpaired) electrons. The van der Waals surface area contributed by atoms with Crippen LogP contribution in [-0.2, 0) is 5.92 Å². The maximum atomic E-state index is 13.5. The molecule has 13 heteroatoms. The van der Waals surface area contributed by atoms with Crippen LogP contribution in [0.4, 0.5) is 43.9 Å². The molecule has 0 saturated carbocycles. The minimum atomic E-state index is -7.17. The highest BCUT2D eigenvalue weighted by Gasteiger charge is 2.86. The first-order chi connectivity index (χ1) is 10.2. The van der Waals surface area contributed by atoms with Crippen LogP contribution in [-0.4, -0.2) is 38.6 Å². The molecule has 0 fully saturated rings. The molecule has 3 nitrogen and oxygen atoms in total. The molecule has 0 spiro atoms. The fourth-order valence-corrected chi connectivity index (χ4v) is 1.27. The van der Waals surface area contributed by atoms with Gasteiger partial charge in [-0.2, -0.15) is 43.9 Å². The van der Waals surface area contributed by atoms with Crippen LogP contribution in [0.1, 0.15) is 5.82 Å². The first-order valence-corrected chi connectivity index (χ1v) is 5.32. The van der Waals surface area contributed by atoms with Gasteiger partial charge in [0.05, 0.1) is 0 Å². The molecule has 0 saturated heterocycles. The Morgan fingerprint density at radius 1 is 0.739 bits per heavy atom. The minimum absolute atomic E-state index is 0.195. The number of alkyl halides is 10. The van der Waals surface area contributed by atoms with Crippen LogP contribution in [0, 0.1) is 0 Å². The van der Waals surface area contributed by atoms with Gasteiger partial charge in [0.25, 0.3) is 0 Å². The Kier molecular flexibility index (Phi) is 4.40. The van der Waals surface area contributed by atoms with Gasteiger partial charge in [0.15, 0.2) is 0 Å². The number of hydrogen-bond acceptors (Lipinski definition) is 3. The smallest absolute Gasteiger partial charge is 0.225 e. The summed E-state index contributed by atoms with van der Waals surface area (Å²) in [5.74, 6) is -35.3. The normalized spacial score (nSPS) is 14.7. The third-order valence-corrected chi connectivity index (χ3v) is 2.63. The summed E-state index contributed by atoms with van der Waals surface area (Å²) in [6.45, 7) is 2.09. The van der Waals surface area contributed by atoms with Gasteiger partial charge in [0.2, 0.25) is 5.82 Å². The summed E-state index contributed by atoms with van der Waals surface area (Å²) in [5, 5.41) is 0. The summed E-state index contributed by atoms with van der Waals surface area (Å²) in [6.07, 6.45) is -0.667. The van der Waals surface area contributed by atoms with Crippen LogP contribution >= 0.6 is 0 Å². The van der Waals surface area contributed by atoms with Crippen LogP contribution in [0.2, 0.25) is 0 Å². The number of rotatable bonds is 6. The van der Waals surface area contributed by atoms with Gasteiger partial charge in [-0.15, -0.1) is 0 Å². The van der Waals surface area contributed by atoms with E-state index in [1.165, 1.54) is 0 Å². The lowest BCUT2D eigenvalue weighted by molar-refractivity contribution is -0.399. The molecule has 23 heavy (non-hydrogen) atoms. The second-order valence-corrected chi connectivity index (χ2v) is 4.09. The first kappa shape index (κ1) is 19.1. The molecule has 0 unspecified atom stereocenters. The Balaban J connectivity index is 3.49. The van der Waals surface area contributed by atoms with E-state index >= 15 is 0 Å². The van der Waals surface area contributed by atoms with E-state index in [-0.39, 0.29) is 12.7 Å². The zero-order chi connectivity index (χ0) is 18.3. The highest BCUT2D eigenvalue weighted by molar-refractivity contribution is 5.15. The number of halogens is 10. The number of aromatic nitrogens is 3. The molecular weight excluding hydrogens is 352 g/mol. The molecule has 0 aromatic carbocycles. The van der Waals surface area contributed by atoms with Crippen LogP contribution in [0.3, 0.4) is 0 Å². The van der Waals surface area contributed by atoms with E-state index in [1.54, 1.807) is 0 Å². The van der Waals surface area contributed by atoms with Crippen molar-refractivity contribution in [1.82, 2.24) is 15.0 Å². The lowest BCUT2D eigenvalue weighted by Crippen LogP contribution is -2.66. The number of allylic oxidation sites excluding steroid dienone is 1. The highest BCUT2D eigenvalue weighted by atomic mass is 19.4. The van der Waals surface area contributed by atoms with Gasteiger partial charge < -0.3 is 0 Å². The topological polar surface area (TPSA) is 38.7 Å². The Morgan fingerprint density at radius 3 is 1.57 bits per heavy atom. The number of nitrogens with zero attached hydrogens (tertiary/aromatic N) is 3. The molecule has 0 aliphatic rings. The predicted octanol–water partition coefficient (Wildman–Crippen LogP) is 3.69. The third-order valence-electron chi connectivity index (χ3n) is 2.63. The SMILES string of the molecule is C=CC(F)(F)C(F)(F)C(F)(F)C(F)(F)C(F)(F)c1ncncn1. The maximum Gasteiger partial charge on any atom is 0.386 e. The lowest BCUT2D eigenvalue weighted by atomic mass is 9.94. The van der Waals surface area contributed by atoms with E-state index in [4.69, 9.17) is 0 Å². The van der Waals surface area contributed by atoms with Crippen LogP contribution in [0.15, 0.2) is 25.3 Å². The van der Waals surface area contributed by atoms with Gasteiger partial charge in [0.1, 0.15) is 12.7 Å². The van der Waals surface area contributed by atoms with Gasteiger partial charge in [-0.05, 0) is 6.08 Å². The van der Waals surface area contributed by atoms with E-state index in [0.29, 0.717) is 0 Å². The van der Waals surface area contributed by atoms with E-state index < -0.39 is 41.5 Å². The molecule has 0 bridgehead atoms. The summed E-state index contributed by atoms with van der Waals surface area (Å²) in [7, 11) is 0. The lowest BCUT2D eigenvalue weighted by Gasteiger charge is -2.38. The molecule has 0 aliphatic carbocycles. The Hall–Kier alpha value is -1.95. The van der Waals surface area contributed by atoms with E-state index in [9.17, 15) is 43.9 Å². The Morgan fingerprint density at radius 2 is 1.17 bits per heavy atom. The summed E-state index contributed by atoms with van der Waals surface area (Å²) in [6, 6.07) is 0. The van der Waals surface area contributed by atoms with Crippen molar-refractivity contribution in [2.75, 3.05) is 0 Å². The second kappa shape index (κ2) is 5.30. The van der Waals surface area contributed by atoms with Crippen molar-refractivity contribution in [3.8, 4) is 0 Å². The molecule has 1 heterocycles. The monoisotopic (exact) mass is 357 g/mol. The van der Waals surface area contributed by atoms with Crippen molar-refractivity contribution in [2.45, 2.75) is 29.6 Å². The van der Waals surface area contributed by atoms with Gasteiger partial charge in [-0.3, -0.25) is 0 Å². The third kappa shape index (κ3) is 2.51. The van der Waals surface area contributed by atoms with Gasteiger partial charge in [0, 0.05) is 0 Å². The molecule has 1 aromatic heterocycles. The summed E-state index contributed by atoms with van der Waals surface area (Å²) in [4.78, 5) is 7.85. The summed E-state index contributed by atoms with van der Waals surface area (Å²) < 4.78 is 132. The molecule has 130 valence electrons. The van der Waals surface area contributed by atoms with Crippen molar-refractivity contribution in [3.63, 3.8) is 0 Å². The predicted molar refractivity (Wildman–Crippen MR) is 53.7 cm³/mol. The average Bonchev–Trinajstić information content (AvgIpc) is 2.47. The molecule has 1 rings (SSSR count). The molecule has 0 atom stereocenters.